The van der Waals surface area contributed by atoms with Crippen LogP contribution in [0.5, 0.6) is 0 Å². The second-order valence-corrected chi connectivity index (χ2v) is 6.28. The number of carbonyl (C=O) groups excluding carboxylic acids is 1. The van der Waals surface area contributed by atoms with Crippen LogP contribution in [0, 0.1) is 5.82 Å². The van der Waals surface area contributed by atoms with Gasteiger partial charge in [-0.2, -0.15) is 5.10 Å². The number of carbonyl (C=O) groups is 1. The Labute approximate surface area is 153 Å². The lowest BCUT2D eigenvalue weighted by molar-refractivity contribution is -0.133. The van der Waals surface area contributed by atoms with Crippen LogP contribution in [-0.2, 0) is 16.0 Å². The molecule has 1 atom stereocenters. The number of H-pyrrole nitrogens is 1. The van der Waals surface area contributed by atoms with Crippen LogP contribution >= 0.6 is 23.2 Å². The number of benzene rings is 2. The van der Waals surface area contributed by atoms with E-state index in [1.165, 1.54) is 12.1 Å². The topological polar surface area (TPSA) is 55.0 Å². The molecule has 0 aliphatic carbocycles. The second-order valence-electron chi connectivity index (χ2n) is 5.41. The first-order valence-corrected chi connectivity index (χ1v) is 8.16. The quantitative estimate of drug-likeness (QED) is 0.615. The average Bonchev–Trinajstić information content (AvgIpc) is 3.02. The summed E-state index contributed by atoms with van der Waals surface area (Å²) in [6.45, 7) is 0.394. The van der Waals surface area contributed by atoms with Gasteiger partial charge in [0.2, 0.25) is 0 Å². The molecule has 1 unspecified atom stereocenters. The first kappa shape index (κ1) is 17.5. The van der Waals surface area contributed by atoms with Crippen LogP contribution < -0.4 is 0 Å². The molecule has 3 rings (SSSR count). The predicted molar refractivity (Wildman–Crippen MR) is 94.0 cm³/mol. The van der Waals surface area contributed by atoms with E-state index in [2.05, 4.69) is 10.2 Å². The Bertz CT molecular complexity index is 878. The standard InChI is InChI=1S/C18H13Cl2FN2O2/c19-13-3-1-2-11(4-13)18(25-10-24)9-16-8-17(23-22-16)12-5-14(20)7-15(21)6-12/h1-8,10,18H,9H2,(H,22,23). The van der Waals surface area contributed by atoms with Gasteiger partial charge in [0.1, 0.15) is 11.9 Å². The van der Waals surface area contributed by atoms with Gasteiger partial charge in [-0.05, 0) is 42.0 Å². The van der Waals surface area contributed by atoms with Crippen molar-refractivity contribution in [2.75, 3.05) is 0 Å². The highest BCUT2D eigenvalue weighted by Gasteiger charge is 2.16. The molecule has 0 saturated heterocycles. The minimum atomic E-state index is -0.525. The van der Waals surface area contributed by atoms with Crippen molar-refractivity contribution in [3.8, 4) is 11.3 Å². The summed E-state index contributed by atoms with van der Waals surface area (Å²) in [4.78, 5) is 10.8. The molecule has 25 heavy (non-hydrogen) atoms. The van der Waals surface area contributed by atoms with Gasteiger partial charge in [0, 0.05) is 22.0 Å². The van der Waals surface area contributed by atoms with E-state index in [-0.39, 0.29) is 0 Å². The summed E-state index contributed by atoms with van der Waals surface area (Å²) in [6.07, 6.45) is -0.179. The van der Waals surface area contributed by atoms with E-state index in [0.717, 1.165) is 5.56 Å². The van der Waals surface area contributed by atoms with Crippen molar-refractivity contribution in [2.45, 2.75) is 12.5 Å². The van der Waals surface area contributed by atoms with Crippen molar-refractivity contribution < 1.29 is 13.9 Å². The van der Waals surface area contributed by atoms with Crippen molar-refractivity contribution in [1.82, 2.24) is 10.2 Å². The van der Waals surface area contributed by atoms with Gasteiger partial charge < -0.3 is 4.74 Å². The lowest BCUT2D eigenvalue weighted by Crippen LogP contribution is -2.07. The highest BCUT2D eigenvalue weighted by atomic mass is 35.5. The van der Waals surface area contributed by atoms with E-state index < -0.39 is 11.9 Å². The minimum Gasteiger partial charge on any atom is -0.459 e. The number of aromatic amines is 1. The van der Waals surface area contributed by atoms with Crippen molar-refractivity contribution in [1.29, 1.82) is 0 Å². The molecule has 0 aliphatic heterocycles. The molecule has 0 amide bonds. The maximum absolute atomic E-state index is 13.5. The van der Waals surface area contributed by atoms with Gasteiger partial charge in [-0.3, -0.25) is 9.89 Å². The van der Waals surface area contributed by atoms with Crippen LogP contribution in [-0.4, -0.2) is 16.7 Å². The second kappa shape index (κ2) is 7.68. The number of aromatic nitrogens is 2. The summed E-state index contributed by atoms with van der Waals surface area (Å²) in [5.74, 6) is -0.431. The Morgan fingerprint density at radius 3 is 2.72 bits per heavy atom. The monoisotopic (exact) mass is 378 g/mol. The molecule has 0 saturated carbocycles. The Hall–Kier alpha value is -2.37. The van der Waals surface area contributed by atoms with Gasteiger partial charge >= 0.3 is 0 Å². The molecule has 0 radical (unpaired) electrons. The summed E-state index contributed by atoms with van der Waals surface area (Å²) < 4.78 is 18.7. The molecule has 1 heterocycles. The number of ether oxygens (including phenoxy) is 1. The SMILES string of the molecule is O=COC(Cc1cc(-c2cc(F)cc(Cl)c2)[nH]n1)c1cccc(Cl)c1. The van der Waals surface area contributed by atoms with Gasteiger partial charge in [-0.1, -0.05) is 35.3 Å². The highest BCUT2D eigenvalue weighted by molar-refractivity contribution is 6.31. The zero-order valence-electron chi connectivity index (χ0n) is 12.9. The molecular formula is C18H13Cl2FN2O2. The number of nitrogens with zero attached hydrogens (tertiary/aromatic N) is 1. The van der Waals surface area contributed by atoms with Gasteiger partial charge in [0.25, 0.3) is 6.47 Å². The number of rotatable bonds is 6. The van der Waals surface area contributed by atoms with Gasteiger partial charge in [-0.15, -0.1) is 0 Å². The lowest BCUT2D eigenvalue weighted by atomic mass is 10.0. The third kappa shape index (κ3) is 4.38. The molecule has 7 heteroatoms. The summed E-state index contributed by atoms with van der Waals surface area (Å²) in [5.41, 5.74) is 2.62. The summed E-state index contributed by atoms with van der Waals surface area (Å²) in [7, 11) is 0. The van der Waals surface area contributed by atoms with Crippen LogP contribution in [0.1, 0.15) is 17.4 Å². The Balaban J connectivity index is 1.84. The zero-order chi connectivity index (χ0) is 17.8. The largest absolute Gasteiger partial charge is 0.459 e. The molecule has 0 fully saturated rings. The van der Waals surface area contributed by atoms with E-state index in [0.29, 0.717) is 39.9 Å². The number of halogens is 3. The van der Waals surface area contributed by atoms with Gasteiger partial charge in [0.15, 0.2) is 0 Å². The fourth-order valence-electron chi connectivity index (χ4n) is 2.53. The molecule has 128 valence electrons. The Morgan fingerprint density at radius 1 is 1.16 bits per heavy atom. The van der Waals surface area contributed by atoms with E-state index >= 15 is 0 Å². The third-order valence-corrected chi connectivity index (χ3v) is 4.09. The summed E-state index contributed by atoms with van der Waals surface area (Å²) in [6, 6.07) is 13.1. The number of nitrogens with one attached hydrogen (secondary N) is 1. The maximum atomic E-state index is 13.5. The van der Waals surface area contributed by atoms with E-state index in [9.17, 15) is 9.18 Å². The van der Waals surface area contributed by atoms with Crippen molar-refractivity contribution >= 4 is 29.7 Å². The molecule has 1 N–H and O–H groups in total. The smallest absolute Gasteiger partial charge is 0.293 e. The van der Waals surface area contributed by atoms with Crippen LogP contribution in [0.25, 0.3) is 11.3 Å². The van der Waals surface area contributed by atoms with Gasteiger partial charge in [-0.25, -0.2) is 4.39 Å². The average molecular weight is 379 g/mol. The molecule has 0 spiro atoms. The van der Waals surface area contributed by atoms with Crippen molar-refractivity contribution in [3.05, 3.63) is 75.7 Å². The Morgan fingerprint density at radius 2 is 2.00 bits per heavy atom. The van der Waals surface area contributed by atoms with E-state index in [1.54, 1.807) is 30.3 Å². The predicted octanol–water partition coefficient (Wildman–Crippen LogP) is 4.98. The van der Waals surface area contributed by atoms with E-state index in [4.69, 9.17) is 27.9 Å². The molecular weight excluding hydrogens is 366 g/mol. The minimum absolute atomic E-state index is 0.298. The maximum Gasteiger partial charge on any atom is 0.293 e. The summed E-state index contributed by atoms with van der Waals surface area (Å²) in [5, 5.41) is 7.89. The molecule has 1 aromatic heterocycles. The fraction of sp³-hybridized carbons (Fsp3) is 0.111. The zero-order valence-corrected chi connectivity index (χ0v) is 14.4. The first-order valence-electron chi connectivity index (χ1n) is 7.40. The van der Waals surface area contributed by atoms with Crippen LogP contribution in [0.15, 0.2) is 48.5 Å². The van der Waals surface area contributed by atoms with Crippen LogP contribution in [0.2, 0.25) is 10.0 Å². The summed E-state index contributed by atoms with van der Waals surface area (Å²) >= 11 is 11.9. The van der Waals surface area contributed by atoms with E-state index in [1.807, 2.05) is 6.07 Å². The third-order valence-electron chi connectivity index (χ3n) is 3.64. The Kier molecular flexibility index (Phi) is 5.36. The molecule has 3 aromatic rings. The normalized spacial score (nSPS) is 12.0. The van der Waals surface area contributed by atoms with Crippen LogP contribution in [0.3, 0.4) is 0 Å². The van der Waals surface area contributed by atoms with Crippen LogP contribution in [0.4, 0.5) is 4.39 Å². The van der Waals surface area contributed by atoms with Crippen molar-refractivity contribution in [2.24, 2.45) is 0 Å². The molecule has 4 nitrogen and oxygen atoms in total. The highest BCUT2D eigenvalue weighted by Crippen LogP contribution is 2.27. The fourth-order valence-corrected chi connectivity index (χ4v) is 2.95. The molecule has 0 aliphatic rings. The molecule has 2 aromatic carbocycles. The number of hydrogen-bond donors (Lipinski definition) is 1. The molecule has 0 bridgehead atoms. The number of hydrogen-bond acceptors (Lipinski definition) is 3. The van der Waals surface area contributed by atoms with Crippen molar-refractivity contribution in [3.63, 3.8) is 0 Å². The first-order chi connectivity index (χ1) is 12.0. The van der Waals surface area contributed by atoms with Gasteiger partial charge in [0.05, 0.1) is 11.4 Å². The lowest BCUT2D eigenvalue weighted by Gasteiger charge is -2.14.